The van der Waals surface area contributed by atoms with Crippen molar-refractivity contribution in [3.8, 4) is 0 Å². The molecule has 0 fully saturated rings. The van der Waals surface area contributed by atoms with Crippen LogP contribution in [0.5, 0.6) is 0 Å². The summed E-state index contributed by atoms with van der Waals surface area (Å²) in [6.45, 7) is 0. The van der Waals surface area contributed by atoms with E-state index in [1.807, 2.05) is 17.5 Å². The van der Waals surface area contributed by atoms with Crippen LogP contribution in [0.2, 0.25) is 0 Å². The summed E-state index contributed by atoms with van der Waals surface area (Å²) in [5.74, 6) is 0.397. The van der Waals surface area contributed by atoms with E-state index in [0.29, 0.717) is 17.0 Å². The van der Waals surface area contributed by atoms with Gasteiger partial charge in [-0.3, -0.25) is 4.79 Å². The normalized spacial score (nSPS) is 11.3. The highest BCUT2D eigenvalue weighted by Crippen LogP contribution is 2.27. The highest BCUT2D eigenvalue weighted by atomic mass is 32.2. The van der Waals surface area contributed by atoms with Crippen molar-refractivity contribution in [3.63, 3.8) is 0 Å². The largest absolute Gasteiger partial charge is 0.322 e. The second-order valence-electron chi connectivity index (χ2n) is 5.52. The van der Waals surface area contributed by atoms with Crippen molar-refractivity contribution in [3.05, 3.63) is 70.7 Å². The van der Waals surface area contributed by atoms with Gasteiger partial charge in [-0.25, -0.2) is 13.4 Å². The van der Waals surface area contributed by atoms with Crippen LogP contribution in [0.3, 0.4) is 0 Å². The van der Waals surface area contributed by atoms with Crippen molar-refractivity contribution in [2.45, 2.75) is 15.5 Å². The summed E-state index contributed by atoms with van der Waals surface area (Å²) < 4.78 is 23.3. The summed E-state index contributed by atoms with van der Waals surface area (Å²) in [5.41, 5.74) is 3.73. The van der Waals surface area contributed by atoms with E-state index in [0.717, 1.165) is 16.8 Å². The minimum atomic E-state index is -3.33. The lowest BCUT2D eigenvalue weighted by Crippen LogP contribution is -2.13. The second-order valence-corrected chi connectivity index (χ2v) is 9.27. The standard InChI is InChI=1S/C18H16N2O3S3/c1-26(22,23)15-6-4-5-13(9-15)20-18(21)16-7-2-3-8-17(16)25-11-14-10-24-12-19-14/h2-10,12H,11H2,1H3,(H,20,21). The van der Waals surface area contributed by atoms with Crippen LogP contribution in [0, 0.1) is 0 Å². The molecule has 3 aromatic rings. The van der Waals surface area contributed by atoms with Gasteiger partial charge in [0.05, 0.1) is 21.7 Å². The van der Waals surface area contributed by atoms with Crippen LogP contribution >= 0.6 is 23.1 Å². The van der Waals surface area contributed by atoms with Crippen LogP contribution in [0.1, 0.15) is 16.1 Å². The summed E-state index contributed by atoms with van der Waals surface area (Å²) in [5, 5.41) is 4.75. The van der Waals surface area contributed by atoms with Crippen LogP contribution in [-0.2, 0) is 15.6 Å². The SMILES string of the molecule is CS(=O)(=O)c1cccc(NC(=O)c2ccccc2SCc2cscn2)c1. The van der Waals surface area contributed by atoms with Gasteiger partial charge in [0.15, 0.2) is 9.84 Å². The molecule has 0 radical (unpaired) electrons. The Balaban J connectivity index is 1.78. The molecular formula is C18H16N2O3S3. The first-order valence-corrected chi connectivity index (χ1v) is 11.5. The Morgan fingerprint density at radius 2 is 2.00 bits per heavy atom. The van der Waals surface area contributed by atoms with Crippen LogP contribution in [0.4, 0.5) is 5.69 Å². The average Bonchev–Trinajstić information content (AvgIpc) is 3.13. The maximum atomic E-state index is 12.7. The molecule has 0 bridgehead atoms. The molecule has 0 unspecified atom stereocenters. The van der Waals surface area contributed by atoms with Crippen molar-refractivity contribution in [2.75, 3.05) is 11.6 Å². The molecule has 0 aliphatic heterocycles. The third-order valence-corrected chi connectivity index (χ3v) is 6.36. The van der Waals surface area contributed by atoms with E-state index in [4.69, 9.17) is 0 Å². The number of hydrogen-bond donors (Lipinski definition) is 1. The van der Waals surface area contributed by atoms with E-state index in [-0.39, 0.29) is 10.8 Å². The van der Waals surface area contributed by atoms with E-state index >= 15 is 0 Å². The van der Waals surface area contributed by atoms with Crippen molar-refractivity contribution >= 4 is 44.5 Å². The fourth-order valence-corrected chi connectivity index (χ4v) is 4.53. The zero-order valence-electron chi connectivity index (χ0n) is 13.9. The first-order valence-electron chi connectivity index (χ1n) is 7.64. The van der Waals surface area contributed by atoms with Gasteiger partial charge in [0.2, 0.25) is 0 Å². The number of sulfone groups is 1. The van der Waals surface area contributed by atoms with Crippen molar-refractivity contribution in [2.24, 2.45) is 0 Å². The number of hydrogen-bond acceptors (Lipinski definition) is 6. The van der Waals surface area contributed by atoms with Crippen LogP contribution in [-0.4, -0.2) is 25.6 Å². The number of amides is 1. The second kappa shape index (κ2) is 8.03. The molecule has 1 N–H and O–H groups in total. The molecule has 5 nitrogen and oxygen atoms in total. The smallest absolute Gasteiger partial charge is 0.256 e. The molecule has 0 saturated heterocycles. The molecule has 0 aliphatic carbocycles. The highest BCUT2D eigenvalue weighted by molar-refractivity contribution is 7.98. The van der Waals surface area contributed by atoms with Gasteiger partial charge >= 0.3 is 0 Å². The van der Waals surface area contributed by atoms with E-state index in [1.165, 1.54) is 35.2 Å². The Labute approximate surface area is 160 Å². The monoisotopic (exact) mass is 404 g/mol. The number of anilines is 1. The minimum Gasteiger partial charge on any atom is -0.322 e. The Kier molecular flexibility index (Phi) is 5.75. The lowest BCUT2D eigenvalue weighted by molar-refractivity contribution is 0.102. The first kappa shape index (κ1) is 18.6. The van der Waals surface area contributed by atoms with E-state index in [9.17, 15) is 13.2 Å². The summed E-state index contributed by atoms with van der Waals surface area (Å²) in [4.78, 5) is 17.9. The molecular weight excluding hydrogens is 388 g/mol. The van der Waals surface area contributed by atoms with Gasteiger partial charge in [-0.05, 0) is 30.3 Å². The number of nitrogens with zero attached hydrogens (tertiary/aromatic N) is 1. The number of nitrogens with one attached hydrogen (secondary N) is 1. The summed E-state index contributed by atoms with van der Waals surface area (Å²) in [6.07, 6.45) is 1.14. The van der Waals surface area contributed by atoms with E-state index < -0.39 is 9.84 Å². The zero-order valence-corrected chi connectivity index (χ0v) is 16.3. The Morgan fingerprint density at radius 3 is 2.73 bits per heavy atom. The van der Waals surface area contributed by atoms with Crippen molar-refractivity contribution in [1.82, 2.24) is 4.98 Å². The number of carbonyl (C=O) groups is 1. The first-order chi connectivity index (χ1) is 12.4. The van der Waals surface area contributed by atoms with Crippen LogP contribution in [0.15, 0.2) is 69.2 Å². The maximum Gasteiger partial charge on any atom is 0.256 e. The highest BCUT2D eigenvalue weighted by Gasteiger charge is 2.14. The molecule has 3 rings (SSSR count). The molecule has 0 atom stereocenters. The molecule has 1 amide bonds. The lowest BCUT2D eigenvalue weighted by atomic mass is 10.2. The number of benzene rings is 2. The molecule has 134 valence electrons. The van der Waals surface area contributed by atoms with Crippen LogP contribution < -0.4 is 5.32 Å². The van der Waals surface area contributed by atoms with Gasteiger partial charge in [-0.1, -0.05) is 18.2 Å². The van der Waals surface area contributed by atoms with Gasteiger partial charge in [0.1, 0.15) is 0 Å². The maximum absolute atomic E-state index is 12.7. The zero-order chi connectivity index (χ0) is 18.6. The quantitative estimate of drug-likeness (QED) is 0.626. The number of thioether (sulfide) groups is 1. The molecule has 1 aromatic heterocycles. The van der Waals surface area contributed by atoms with Crippen LogP contribution in [0.25, 0.3) is 0 Å². The number of carbonyl (C=O) groups excluding carboxylic acids is 1. The van der Waals surface area contributed by atoms with Gasteiger partial charge in [-0.2, -0.15) is 0 Å². The van der Waals surface area contributed by atoms with E-state index in [1.54, 1.807) is 29.8 Å². The Bertz CT molecular complexity index is 1020. The Hall–Kier alpha value is -2.16. The van der Waals surface area contributed by atoms with E-state index in [2.05, 4.69) is 10.3 Å². The summed E-state index contributed by atoms with van der Waals surface area (Å²) >= 11 is 3.08. The van der Waals surface area contributed by atoms with Crippen molar-refractivity contribution in [1.29, 1.82) is 0 Å². The number of aromatic nitrogens is 1. The fourth-order valence-electron chi connectivity index (χ4n) is 2.24. The lowest BCUT2D eigenvalue weighted by Gasteiger charge is -2.10. The Morgan fingerprint density at radius 1 is 1.19 bits per heavy atom. The molecule has 0 spiro atoms. The predicted molar refractivity (Wildman–Crippen MR) is 106 cm³/mol. The van der Waals surface area contributed by atoms with Gasteiger partial charge in [0, 0.05) is 28.0 Å². The number of thiazole rings is 1. The van der Waals surface area contributed by atoms with Gasteiger partial charge in [-0.15, -0.1) is 23.1 Å². The van der Waals surface area contributed by atoms with Gasteiger partial charge < -0.3 is 5.32 Å². The summed E-state index contributed by atoms with van der Waals surface area (Å²) in [6, 6.07) is 13.5. The fraction of sp³-hybridized carbons (Fsp3) is 0.111. The third kappa shape index (κ3) is 4.72. The van der Waals surface area contributed by atoms with Crippen molar-refractivity contribution < 1.29 is 13.2 Å². The molecule has 2 aromatic carbocycles. The predicted octanol–water partition coefficient (Wildman–Crippen LogP) is 4.09. The molecule has 0 aliphatic rings. The third-order valence-electron chi connectivity index (χ3n) is 3.51. The average molecular weight is 405 g/mol. The molecule has 0 saturated carbocycles. The molecule has 1 heterocycles. The molecule has 26 heavy (non-hydrogen) atoms. The minimum absolute atomic E-state index is 0.168. The van der Waals surface area contributed by atoms with Gasteiger partial charge in [0.25, 0.3) is 5.91 Å². The summed E-state index contributed by atoms with van der Waals surface area (Å²) in [7, 11) is -3.33. The topological polar surface area (TPSA) is 76.1 Å². The number of rotatable bonds is 6. The molecule has 8 heteroatoms.